The van der Waals surface area contributed by atoms with Crippen LogP contribution >= 0.6 is 0 Å². The summed E-state index contributed by atoms with van der Waals surface area (Å²) < 4.78 is 1.87. The van der Waals surface area contributed by atoms with Crippen molar-refractivity contribution >= 4 is 11.8 Å². The topological polar surface area (TPSA) is 70.4 Å². The van der Waals surface area contributed by atoms with Gasteiger partial charge >= 0.3 is 6.03 Å². The van der Waals surface area contributed by atoms with Crippen molar-refractivity contribution in [2.75, 3.05) is 18.4 Å². The molecule has 6 heteroatoms. The summed E-state index contributed by atoms with van der Waals surface area (Å²) in [4.78, 5) is 14.0. The number of aliphatic hydroxyl groups excluding tert-OH is 1. The third kappa shape index (κ3) is 3.59. The fourth-order valence-electron chi connectivity index (χ4n) is 3.01. The summed E-state index contributed by atoms with van der Waals surface area (Å²) in [5.74, 6) is 0.572. The molecule has 0 spiro atoms. The van der Waals surface area contributed by atoms with Crippen molar-refractivity contribution in [2.24, 2.45) is 0 Å². The predicted molar refractivity (Wildman–Crippen MR) is 93.1 cm³/mol. The molecule has 3 rings (SSSR count). The van der Waals surface area contributed by atoms with Gasteiger partial charge in [0, 0.05) is 24.8 Å². The van der Waals surface area contributed by atoms with E-state index in [2.05, 4.69) is 29.5 Å². The Bertz CT molecular complexity index is 698. The second-order valence-corrected chi connectivity index (χ2v) is 6.40. The Morgan fingerprint density at radius 1 is 1.38 bits per heavy atom. The Morgan fingerprint density at radius 2 is 2.12 bits per heavy atom. The number of aliphatic hydroxyl groups is 1. The van der Waals surface area contributed by atoms with E-state index in [1.165, 1.54) is 0 Å². The highest BCUT2D eigenvalue weighted by Crippen LogP contribution is 2.21. The van der Waals surface area contributed by atoms with E-state index in [0.29, 0.717) is 18.9 Å². The van der Waals surface area contributed by atoms with Crippen LogP contribution < -0.4 is 5.32 Å². The van der Waals surface area contributed by atoms with Crippen molar-refractivity contribution in [2.45, 2.75) is 38.8 Å². The molecule has 0 bridgehead atoms. The number of anilines is 1. The molecule has 1 aromatic heterocycles. The van der Waals surface area contributed by atoms with Crippen LogP contribution in [0.25, 0.3) is 0 Å². The Hall–Kier alpha value is -2.34. The molecule has 2 N–H and O–H groups in total. The Balaban J connectivity index is 1.71. The summed E-state index contributed by atoms with van der Waals surface area (Å²) >= 11 is 0. The number of benzene rings is 1. The van der Waals surface area contributed by atoms with E-state index in [-0.39, 0.29) is 12.1 Å². The van der Waals surface area contributed by atoms with E-state index in [1.807, 2.05) is 36.0 Å². The van der Waals surface area contributed by atoms with Crippen LogP contribution in [0.1, 0.15) is 36.9 Å². The number of nitrogens with one attached hydrogen (secondary N) is 1. The van der Waals surface area contributed by atoms with Crippen molar-refractivity contribution in [3.63, 3.8) is 0 Å². The van der Waals surface area contributed by atoms with Gasteiger partial charge in [-0.05, 0) is 32.3 Å². The van der Waals surface area contributed by atoms with E-state index in [0.717, 1.165) is 24.0 Å². The number of hydrogen-bond donors (Lipinski definition) is 2. The normalized spacial score (nSPS) is 19.1. The number of rotatable bonds is 3. The molecule has 2 aromatic rings. The van der Waals surface area contributed by atoms with Crippen molar-refractivity contribution < 1.29 is 9.90 Å². The fraction of sp³-hybridized carbons (Fsp3) is 0.444. The molecule has 1 aliphatic rings. The Kier molecular flexibility index (Phi) is 4.85. The third-order valence-corrected chi connectivity index (χ3v) is 4.50. The van der Waals surface area contributed by atoms with Crippen LogP contribution in [-0.2, 0) is 0 Å². The summed E-state index contributed by atoms with van der Waals surface area (Å²) in [6, 6.07) is 10.0. The van der Waals surface area contributed by atoms with Crippen molar-refractivity contribution in [1.82, 2.24) is 14.7 Å². The molecule has 1 saturated heterocycles. The molecule has 24 heavy (non-hydrogen) atoms. The number of likely N-dealkylation sites (tertiary alicyclic amines) is 1. The summed E-state index contributed by atoms with van der Waals surface area (Å²) in [5, 5.41) is 17.1. The third-order valence-electron chi connectivity index (χ3n) is 4.50. The SMILES string of the molecule is Cc1cn([C@@H](C)c2ccccc2)nc1NC(=O)N1CCC[C@H](O)C1. The van der Waals surface area contributed by atoms with Gasteiger partial charge in [-0.1, -0.05) is 30.3 Å². The molecule has 0 saturated carbocycles. The number of aryl methyl sites for hydroxylation is 1. The molecule has 1 aliphatic heterocycles. The lowest BCUT2D eigenvalue weighted by atomic mass is 10.1. The average molecular weight is 328 g/mol. The van der Waals surface area contributed by atoms with Gasteiger partial charge in [-0.25, -0.2) is 4.79 Å². The number of carbonyl (C=O) groups excluding carboxylic acids is 1. The zero-order chi connectivity index (χ0) is 17.1. The monoisotopic (exact) mass is 328 g/mol. The number of urea groups is 1. The molecule has 2 heterocycles. The standard InChI is InChI=1S/C18H24N4O2/c1-13-11-22(14(2)15-7-4-3-5-8-15)20-17(13)19-18(24)21-10-6-9-16(23)12-21/h3-5,7-8,11,14,16,23H,6,9-10,12H2,1-2H3,(H,19,20,24)/t14-,16-/m0/s1. The molecule has 0 unspecified atom stereocenters. The first kappa shape index (κ1) is 16.5. The highest BCUT2D eigenvalue weighted by Gasteiger charge is 2.23. The number of hydrogen-bond acceptors (Lipinski definition) is 3. The lowest BCUT2D eigenvalue weighted by Crippen LogP contribution is -2.44. The molecule has 0 radical (unpaired) electrons. The van der Waals surface area contributed by atoms with Crippen LogP contribution in [0, 0.1) is 6.92 Å². The summed E-state index contributed by atoms with van der Waals surface area (Å²) in [6.45, 7) is 5.06. The van der Waals surface area contributed by atoms with Crippen LogP contribution in [-0.4, -0.2) is 45.0 Å². The van der Waals surface area contributed by atoms with Gasteiger partial charge in [0.2, 0.25) is 0 Å². The maximum atomic E-state index is 12.4. The predicted octanol–water partition coefficient (Wildman–Crippen LogP) is 2.79. The molecule has 0 aliphatic carbocycles. The number of carbonyl (C=O) groups is 1. The van der Waals surface area contributed by atoms with E-state index >= 15 is 0 Å². The minimum absolute atomic E-state index is 0.0901. The van der Waals surface area contributed by atoms with Gasteiger partial charge in [0.25, 0.3) is 0 Å². The molecule has 128 valence electrons. The van der Waals surface area contributed by atoms with Gasteiger partial charge in [0.05, 0.1) is 12.1 Å². The zero-order valence-electron chi connectivity index (χ0n) is 14.1. The molecule has 1 fully saturated rings. The van der Waals surface area contributed by atoms with E-state index in [9.17, 15) is 9.90 Å². The van der Waals surface area contributed by atoms with Crippen LogP contribution in [0.3, 0.4) is 0 Å². The second-order valence-electron chi connectivity index (χ2n) is 6.40. The van der Waals surface area contributed by atoms with E-state index < -0.39 is 6.10 Å². The summed E-state index contributed by atoms with van der Waals surface area (Å²) in [5.41, 5.74) is 2.08. The van der Waals surface area contributed by atoms with Gasteiger partial charge in [-0.2, -0.15) is 5.10 Å². The number of amides is 2. The maximum Gasteiger partial charge on any atom is 0.323 e. The van der Waals surface area contributed by atoms with Crippen molar-refractivity contribution in [3.05, 3.63) is 47.7 Å². The summed E-state index contributed by atoms with van der Waals surface area (Å²) in [7, 11) is 0. The largest absolute Gasteiger partial charge is 0.391 e. The smallest absolute Gasteiger partial charge is 0.323 e. The molecular formula is C18H24N4O2. The maximum absolute atomic E-state index is 12.4. The molecule has 2 amide bonds. The molecule has 1 aromatic carbocycles. The van der Waals surface area contributed by atoms with E-state index in [1.54, 1.807) is 4.90 Å². The first-order valence-corrected chi connectivity index (χ1v) is 8.39. The Labute approximate surface area is 142 Å². The van der Waals surface area contributed by atoms with Crippen molar-refractivity contribution in [3.8, 4) is 0 Å². The fourth-order valence-corrected chi connectivity index (χ4v) is 3.01. The average Bonchev–Trinajstić information content (AvgIpc) is 2.95. The first-order chi connectivity index (χ1) is 11.5. The highest BCUT2D eigenvalue weighted by molar-refractivity contribution is 5.89. The number of piperidine rings is 1. The number of nitrogens with zero attached hydrogens (tertiary/aromatic N) is 3. The lowest BCUT2D eigenvalue weighted by molar-refractivity contribution is 0.0883. The minimum atomic E-state index is -0.429. The number of aromatic nitrogens is 2. The molecule has 2 atom stereocenters. The summed E-state index contributed by atoms with van der Waals surface area (Å²) in [6.07, 6.45) is 3.10. The van der Waals surface area contributed by atoms with Crippen LogP contribution in [0.5, 0.6) is 0 Å². The van der Waals surface area contributed by atoms with Crippen molar-refractivity contribution in [1.29, 1.82) is 0 Å². The Morgan fingerprint density at radius 3 is 2.83 bits per heavy atom. The van der Waals surface area contributed by atoms with Crippen LogP contribution in [0.2, 0.25) is 0 Å². The van der Waals surface area contributed by atoms with Crippen LogP contribution in [0.4, 0.5) is 10.6 Å². The zero-order valence-corrected chi connectivity index (χ0v) is 14.1. The van der Waals surface area contributed by atoms with Gasteiger partial charge < -0.3 is 10.0 Å². The van der Waals surface area contributed by atoms with Gasteiger partial charge in [-0.15, -0.1) is 0 Å². The van der Waals surface area contributed by atoms with Gasteiger partial charge in [-0.3, -0.25) is 10.00 Å². The van der Waals surface area contributed by atoms with Crippen LogP contribution in [0.15, 0.2) is 36.5 Å². The number of β-amino-alcohol motifs (C(OH)–C–C–N with tert-alkyl or cyclic N) is 1. The molecule has 6 nitrogen and oxygen atoms in total. The highest BCUT2D eigenvalue weighted by atomic mass is 16.3. The van der Waals surface area contributed by atoms with E-state index in [4.69, 9.17) is 0 Å². The minimum Gasteiger partial charge on any atom is -0.391 e. The quantitative estimate of drug-likeness (QED) is 0.910. The lowest BCUT2D eigenvalue weighted by Gasteiger charge is -2.29. The first-order valence-electron chi connectivity index (χ1n) is 8.39. The molecular weight excluding hydrogens is 304 g/mol. The second kappa shape index (κ2) is 7.05. The van der Waals surface area contributed by atoms with Gasteiger partial charge in [0.1, 0.15) is 0 Å². The van der Waals surface area contributed by atoms with Gasteiger partial charge in [0.15, 0.2) is 5.82 Å².